The molecular formula is C20H17FN4O5S. The first-order chi connectivity index (χ1) is 14.8. The van der Waals surface area contributed by atoms with Crippen LogP contribution >= 0.6 is 0 Å². The monoisotopic (exact) mass is 444 g/mol. The van der Waals surface area contributed by atoms with E-state index >= 15 is 0 Å². The van der Waals surface area contributed by atoms with Gasteiger partial charge in [0.2, 0.25) is 0 Å². The highest BCUT2D eigenvalue weighted by Gasteiger charge is 2.22. The largest absolute Gasteiger partial charge is 0.497 e. The van der Waals surface area contributed by atoms with E-state index in [-0.39, 0.29) is 16.3 Å². The highest BCUT2D eigenvalue weighted by molar-refractivity contribution is 7.92. The summed E-state index contributed by atoms with van der Waals surface area (Å²) in [6, 6.07) is 14.9. The van der Waals surface area contributed by atoms with Gasteiger partial charge in [-0.15, -0.1) is 0 Å². The number of nitro benzene ring substituents is 1. The molecule has 0 radical (unpaired) electrons. The van der Waals surface area contributed by atoms with Crippen LogP contribution in [0.4, 0.5) is 21.5 Å². The maximum Gasteiger partial charge on any atom is 0.270 e. The molecule has 0 aliphatic heterocycles. The minimum Gasteiger partial charge on any atom is -0.497 e. The van der Waals surface area contributed by atoms with Crippen LogP contribution in [0.3, 0.4) is 0 Å². The zero-order valence-corrected chi connectivity index (χ0v) is 17.0. The van der Waals surface area contributed by atoms with Crippen molar-refractivity contribution in [2.45, 2.75) is 4.90 Å². The van der Waals surface area contributed by atoms with Crippen LogP contribution in [0.15, 0.2) is 76.7 Å². The molecule has 3 aromatic carbocycles. The second-order valence-corrected chi connectivity index (χ2v) is 7.84. The third-order valence-corrected chi connectivity index (χ3v) is 5.50. The van der Waals surface area contributed by atoms with E-state index in [1.165, 1.54) is 55.8 Å². The lowest BCUT2D eigenvalue weighted by Gasteiger charge is -2.12. The van der Waals surface area contributed by atoms with Crippen molar-refractivity contribution in [3.8, 4) is 5.75 Å². The van der Waals surface area contributed by atoms with Crippen LogP contribution in [0.1, 0.15) is 5.56 Å². The van der Waals surface area contributed by atoms with Gasteiger partial charge in [0.15, 0.2) is 0 Å². The van der Waals surface area contributed by atoms with Crippen molar-refractivity contribution >= 4 is 33.3 Å². The molecule has 0 saturated heterocycles. The fourth-order valence-corrected chi connectivity index (χ4v) is 3.77. The maximum atomic E-state index is 13.0. The number of nitrogens with zero attached hydrogens (tertiary/aromatic N) is 2. The number of halogens is 1. The minimum absolute atomic E-state index is 0.0185. The second kappa shape index (κ2) is 9.22. The molecule has 0 amide bonds. The third-order valence-electron chi connectivity index (χ3n) is 4.08. The molecule has 0 aliphatic carbocycles. The quantitative estimate of drug-likeness (QED) is 0.308. The summed E-state index contributed by atoms with van der Waals surface area (Å²) in [7, 11) is -2.72. The summed E-state index contributed by atoms with van der Waals surface area (Å²) >= 11 is 0. The van der Waals surface area contributed by atoms with Gasteiger partial charge in [-0.05, 0) is 48.0 Å². The molecular weight excluding hydrogens is 427 g/mol. The molecule has 0 fully saturated rings. The molecule has 3 aromatic rings. The van der Waals surface area contributed by atoms with Crippen molar-refractivity contribution in [1.82, 2.24) is 0 Å². The Kier molecular flexibility index (Phi) is 6.46. The zero-order chi connectivity index (χ0) is 22.4. The Bertz CT molecular complexity index is 1210. The van der Waals surface area contributed by atoms with Gasteiger partial charge in [0.05, 0.1) is 23.9 Å². The Labute approximate surface area is 177 Å². The Morgan fingerprint density at radius 1 is 1.06 bits per heavy atom. The minimum atomic E-state index is -4.20. The summed E-state index contributed by atoms with van der Waals surface area (Å²) in [6.45, 7) is 0. The number of hydrogen-bond donors (Lipinski definition) is 2. The van der Waals surface area contributed by atoms with Crippen LogP contribution in [0.5, 0.6) is 5.75 Å². The molecule has 0 atom stereocenters. The van der Waals surface area contributed by atoms with Gasteiger partial charge in [-0.3, -0.25) is 20.3 Å². The van der Waals surface area contributed by atoms with Gasteiger partial charge in [-0.25, -0.2) is 12.8 Å². The summed E-state index contributed by atoms with van der Waals surface area (Å²) in [5.74, 6) is 0.134. The Morgan fingerprint density at radius 3 is 2.35 bits per heavy atom. The van der Waals surface area contributed by atoms with E-state index in [1.807, 2.05) is 0 Å². The number of rotatable bonds is 8. The van der Waals surface area contributed by atoms with Crippen LogP contribution in [0, 0.1) is 15.9 Å². The first-order valence-corrected chi connectivity index (χ1v) is 10.3. The molecule has 0 spiro atoms. The Balaban J connectivity index is 1.91. The Hall–Kier alpha value is -3.99. The molecule has 160 valence electrons. The molecule has 3 rings (SSSR count). The Morgan fingerprint density at radius 2 is 1.74 bits per heavy atom. The van der Waals surface area contributed by atoms with Gasteiger partial charge in [0.1, 0.15) is 16.5 Å². The van der Waals surface area contributed by atoms with Crippen molar-refractivity contribution < 1.29 is 22.5 Å². The number of nitro groups is 1. The molecule has 9 nitrogen and oxygen atoms in total. The predicted octanol–water partition coefficient (Wildman–Crippen LogP) is 3.99. The standard InChI is InChI=1S/C20H17FN4O5S/c1-30-18-9-6-16(7-10-18)24-31(28,29)20-12-17(25(26)27)8-11-19(20)23-22-13-14-2-4-15(21)5-3-14/h2-13,23-24H,1H3. The van der Waals surface area contributed by atoms with E-state index in [9.17, 15) is 22.9 Å². The van der Waals surface area contributed by atoms with Crippen LogP contribution in [0.25, 0.3) is 0 Å². The number of sulfonamides is 1. The molecule has 0 heterocycles. The maximum absolute atomic E-state index is 13.0. The smallest absolute Gasteiger partial charge is 0.270 e. The molecule has 0 aromatic heterocycles. The summed E-state index contributed by atoms with van der Waals surface area (Å²) < 4.78 is 46.2. The lowest BCUT2D eigenvalue weighted by Crippen LogP contribution is -2.15. The molecule has 11 heteroatoms. The highest BCUT2D eigenvalue weighted by Crippen LogP contribution is 2.28. The summed E-state index contributed by atoms with van der Waals surface area (Å²) in [5.41, 5.74) is 3.00. The van der Waals surface area contributed by atoms with Crippen molar-refractivity contribution in [3.63, 3.8) is 0 Å². The number of ether oxygens (including phenoxy) is 1. The van der Waals surface area contributed by atoms with Gasteiger partial charge >= 0.3 is 0 Å². The van der Waals surface area contributed by atoms with Gasteiger partial charge in [0.25, 0.3) is 15.7 Å². The van der Waals surface area contributed by atoms with Crippen molar-refractivity contribution in [2.75, 3.05) is 17.3 Å². The van der Waals surface area contributed by atoms with Gasteiger partial charge in [-0.2, -0.15) is 5.10 Å². The second-order valence-electron chi connectivity index (χ2n) is 6.19. The number of non-ortho nitro benzene ring substituents is 1. The van der Waals surface area contributed by atoms with Crippen molar-refractivity contribution in [1.29, 1.82) is 0 Å². The number of anilines is 2. The van der Waals surface area contributed by atoms with Crippen LogP contribution in [0.2, 0.25) is 0 Å². The fourth-order valence-electron chi connectivity index (χ4n) is 2.53. The topological polar surface area (TPSA) is 123 Å². The zero-order valence-electron chi connectivity index (χ0n) is 16.2. The number of hydrazone groups is 1. The SMILES string of the molecule is COc1ccc(NS(=O)(=O)c2cc([N+](=O)[O-])ccc2NN=Cc2ccc(F)cc2)cc1. The average molecular weight is 444 g/mol. The predicted molar refractivity (Wildman–Crippen MR) is 115 cm³/mol. The van der Waals surface area contributed by atoms with E-state index in [0.717, 1.165) is 12.1 Å². The van der Waals surface area contributed by atoms with Gasteiger partial charge < -0.3 is 4.74 Å². The number of hydrogen-bond acceptors (Lipinski definition) is 7. The fraction of sp³-hybridized carbons (Fsp3) is 0.0500. The third kappa shape index (κ3) is 5.54. The average Bonchev–Trinajstić information content (AvgIpc) is 2.75. The number of methoxy groups -OCH3 is 1. The highest BCUT2D eigenvalue weighted by atomic mass is 32.2. The molecule has 0 aliphatic rings. The summed E-state index contributed by atoms with van der Waals surface area (Å²) in [4.78, 5) is 10.1. The van der Waals surface area contributed by atoms with Gasteiger partial charge in [-0.1, -0.05) is 12.1 Å². The van der Waals surface area contributed by atoms with E-state index in [0.29, 0.717) is 11.3 Å². The van der Waals surface area contributed by atoms with E-state index in [4.69, 9.17) is 4.74 Å². The van der Waals surface area contributed by atoms with Crippen LogP contribution < -0.4 is 14.9 Å². The summed E-state index contributed by atoms with van der Waals surface area (Å²) in [5, 5.41) is 15.1. The molecule has 2 N–H and O–H groups in total. The number of nitrogens with one attached hydrogen (secondary N) is 2. The molecule has 31 heavy (non-hydrogen) atoms. The first-order valence-electron chi connectivity index (χ1n) is 8.78. The number of benzene rings is 3. The van der Waals surface area contributed by atoms with E-state index in [2.05, 4.69) is 15.2 Å². The molecule has 0 saturated carbocycles. The lowest BCUT2D eigenvalue weighted by molar-refractivity contribution is -0.385. The molecule has 0 bridgehead atoms. The first kappa shape index (κ1) is 21.7. The van der Waals surface area contributed by atoms with Crippen LogP contribution in [-0.2, 0) is 10.0 Å². The van der Waals surface area contributed by atoms with Crippen molar-refractivity contribution in [2.24, 2.45) is 5.10 Å². The van der Waals surface area contributed by atoms with Gasteiger partial charge in [0, 0.05) is 17.8 Å². The lowest BCUT2D eigenvalue weighted by atomic mass is 10.2. The van der Waals surface area contributed by atoms with E-state index < -0.39 is 26.5 Å². The van der Waals surface area contributed by atoms with E-state index in [1.54, 1.807) is 12.1 Å². The van der Waals surface area contributed by atoms with Crippen molar-refractivity contribution in [3.05, 3.63) is 88.2 Å². The summed E-state index contributed by atoms with van der Waals surface area (Å²) in [6.07, 6.45) is 1.36. The van der Waals surface area contributed by atoms with Crippen LogP contribution in [-0.4, -0.2) is 26.7 Å². The molecule has 0 unspecified atom stereocenters. The normalized spacial score (nSPS) is 11.3.